The van der Waals surface area contributed by atoms with Gasteiger partial charge in [0.1, 0.15) is 0 Å². The van der Waals surface area contributed by atoms with Crippen LogP contribution in [-0.4, -0.2) is 0 Å². The van der Waals surface area contributed by atoms with E-state index in [1.807, 2.05) is 0 Å². The fourth-order valence-electron chi connectivity index (χ4n) is 1.34. The summed E-state index contributed by atoms with van der Waals surface area (Å²) in [7, 11) is 0. The minimum absolute atomic E-state index is 1.24. The molecule has 1 aliphatic carbocycles. The summed E-state index contributed by atoms with van der Waals surface area (Å²) in [5.74, 6) is 0. The average Bonchev–Trinajstić information content (AvgIpc) is 2.52. The molecule has 2 nitrogen and oxygen atoms in total. The summed E-state index contributed by atoms with van der Waals surface area (Å²) >= 11 is -2.00. The first-order valence-electron chi connectivity index (χ1n) is 3.79. The molecule has 0 bridgehead atoms. The number of benzene rings is 1. The Kier molecular flexibility index (Phi) is 4.19. The molecule has 1 radical (unpaired) electrons. The van der Waals surface area contributed by atoms with Crippen LogP contribution in [0.4, 0.5) is 0 Å². The molecule has 0 N–H and O–H groups in total. The predicted octanol–water partition coefficient (Wildman–Crippen LogP) is 1.95. The first-order chi connectivity index (χ1) is 5.88. The van der Waals surface area contributed by atoms with Gasteiger partial charge in [-0.25, -0.2) is 0 Å². The third-order valence-corrected chi connectivity index (χ3v) is 1.83. The summed E-state index contributed by atoms with van der Waals surface area (Å²) in [6.45, 7) is 0. The van der Waals surface area contributed by atoms with Gasteiger partial charge in [-0.3, -0.25) is 0 Å². The standard InChI is InChI=1S/C9H9.2O.Ti/c1-2-5-9-7-3-6-8(9)4-1;;;/h1-2,4-6H,3,7H2;;;. The van der Waals surface area contributed by atoms with Crippen LogP contribution in [0.25, 0.3) is 0 Å². The van der Waals surface area contributed by atoms with Crippen molar-refractivity contribution in [2.45, 2.75) is 12.8 Å². The van der Waals surface area contributed by atoms with Crippen molar-refractivity contribution in [1.82, 2.24) is 0 Å². The molecule has 1 aliphatic rings. The molecule has 3 heteroatoms. The van der Waals surface area contributed by atoms with Crippen molar-refractivity contribution in [2.75, 3.05) is 0 Å². The Bertz CT molecular complexity index is 267. The molecule has 0 saturated heterocycles. The summed E-state index contributed by atoms with van der Waals surface area (Å²) in [6, 6.07) is 8.60. The second-order valence-electron chi connectivity index (χ2n) is 2.52. The van der Waals surface area contributed by atoms with Crippen LogP contribution in [0.15, 0.2) is 24.3 Å². The van der Waals surface area contributed by atoms with E-state index in [1.54, 1.807) is 0 Å². The molecule has 0 fully saturated rings. The molecule has 12 heavy (non-hydrogen) atoms. The quantitative estimate of drug-likeness (QED) is 0.595. The van der Waals surface area contributed by atoms with Crippen molar-refractivity contribution in [2.24, 2.45) is 0 Å². The van der Waals surface area contributed by atoms with Gasteiger partial charge in [0.25, 0.3) is 0 Å². The first-order valence-corrected chi connectivity index (χ1v) is 5.06. The fourth-order valence-corrected chi connectivity index (χ4v) is 1.34. The summed E-state index contributed by atoms with van der Waals surface area (Å²) in [4.78, 5) is 0. The van der Waals surface area contributed by atoms with Crippen molar-refractivity contribution in [1.29, 1.82) is 0 Å². The van der Waals surface area contributed by atoms with Crippen LogP contribution in [0.1, 0.15) is 17.5 Å². The molecule has 2 rings (SSSR count). The monoisotopic (exact) mass is 197 g/mol. The molecule has 0 saturated carbocycles. The van der Waals surface area contributed by atoms with Gasteiger partial charge in [-0.15, -0.1) is 0 Å². The average molecular weight is 197 g/mol. The number of aryl methyl sites for hydroxylation is 1. The van der Waals surface area contributed by atoms with Gasteiger partial charge in [0, 0.05) is 0 Å². The zero-order valence-corrected chi connectivity index (χ0v) is 8.18. The molecule has 1 aromatic rings. The van der Waals surface area contributed by atoms with E-state index in [1.165, 1.54) is 24.0 Å². The molecule has 0 atom stereocenters. The van der Waals surface area contributed by atoms with Gasteiger partial charge in [-0.1, -0.05) is 24.3 Å². The predicted molar refractivity (Wildman–Crippen MR) is 39.5 cm³/mol. The zero-order chi connectivity index (χ0) is 8.81. The Balaban J connectivity index is 0.000000213. The Morgan fingerprint density at radius 1 is 1.17 bits per heavy atom. The van der Waals surface area contributed by atoms with Crippen molar-refractivity contribution < 1.29 is 25.7 Å². The molecule has 0 amide bonds. The number of fused-ring (bicyclic) bond motifs is 1. The van der Waals surface area contributed by atoms with Gasteiger partial charge >= 0.3 is 25.7 Å². The van der Waals surface area contributed by atoms with E-state index >= 15 is 0 Å². The number of hydrogen-bond acceptors (Lipinski definition) is 2. The van der Waals surface area contributed by atoms with E-state index in [2.05, 4.69) is 30.7 Å². The van der Waals surface area contributed by atoms with Crippen LogP contribution in [0.3, 0.4) is 0 Å². The van der Waals surface area contributed by atoms with Crippen LogP contribution in [0.2, 0.25) is 0 Å². The molecule has 0 unspecified atom stereocenters. The van der Waals surface area contributed by atoms with Crippen LogP contribution in [0, 0.1) is 6.42 Å². The van der Waals surface area contributed by atoms with E-state index in [4.69, 9.17) is 6.65 Å². The van der Waals surface area contributed by atoms with E-state index in [0.29, 0.717) is 0 Å². The van der Waals surface area contributed by atoms with E-state index < -0.39 is 19.1 Å². The molecular weight excluding hydrogens is 188 g/mol. The second kappa shape index (κ2) is 5.23. The van der Waals surface area contributed by atoms with Crippen molar-refractivity contribution in [3.05, 3.63) is 41.8 Å². The molecule has 1 aromatic carbocycles. The van der Waals surface area contributed by atoms with Gasteiger partial charge in [-0.05, 0) is 30.4 Å². The van der Waals surface area contributed by atoms with E-state index in [9.17, 15) is 0 Å². The van der Waals surface area contributed by atoms with Gasteiger partial charge in [0.2, 0.25) is 0 Å². The molecule has 0 heterocycles. The van der Waals surface area contributed by atoms with Crippen molar-refractivity contribution in [3.63, 3.8) is 0 Å². The Hall–Kier alpha value is -0.466. The van der Waals surface area contributed by atoms with Gasteiger partial charge in [0.15, 0.2) is 0 Å². The maximum absolute atomic E-state index is 8.50. The van der Waals surface area contributed by atoms with Crippen LogP contribution in [0.5, 0.6) is 0 Å². The number of rotatable bonds is 0. The molecular formula is C9H9O2Ti. The van der Waals surface area contributed by atoms with Gasteiger partial charge in [0.05, 0.1) is 0 Å². The second-order valence-corrected chi connectivity index (χ2v) is 2.79. The minimum atomic E-state index is -2.00. The third kappa shape index (κ3) is 2.54. The summed E-state index contributed by atoms with van der Waals surface area (Å²) in [6.07, 6.45) is 4.78. The Morgan fingerprint density at radius 2 is 1.83 bits per heavy atom. The van der Waals surface area contributed by atoms with Gasteiger partial charge < -0.3 is 0 Å². The molecule has 0 aliphatic heterocycles. The molecule has 0 spiro atoms. The number of hydrogen-bond donors (Lipinski definition) is 0. The fraction of sp³-hybridized carbons (Fsp3) is 0.222. The molecule has 61 valence electrons. The summed E-state index contributed by atoms with van der Waals surface area (Å²) in [5, 5.41) is 0. The van der Waals surface area contributed by atoms with Crippen LogP contribution >= 0.6 is 0 Å². The van der Waals surface area contributed by atoms with E-state index in [0.717, 1.165) is 0 Å². The summed E-state index contributed by atoms with van der Waals surface area (Å²) in [5.41, 5.74) is 2.95. The topological polar surface area (TPSA) is 34.1 Å². The third-order valence-electron chi connectivity index (χ3n) is 1.83. The molecule has 0 aromatic heterocycles. The van der Waals surface area contributed by atoms with Crippen LogP contribution in [-0.2, 0) is 32.2 Å². The van der Waals surface area contributed by atoms with Crippen LogP contribution < -0.4 is 0 Å². The van der Waals surface area contributed by atoms with Gasteiger partial charge in [-0.2, -0.15) is 0 Å². The van der Waals surface area contributed by atoms with Crippen molar-refractivity contribution >= 4 is 0 Å². The zero-order valence-electron chi connectivity index (χ0n) is 6.62. The first kappa shape index (κ1) is 9.62. The normalized spacial score (nSPS) is 12.3. The van der Waals surface area contributed by atoms with E-state index in [-0.39, 0.29) is 0 Å². The van der Waals surface area contributed by atoms with Crippen molar-refractivity contribution in [3.8, 4) is 0 Å². The Morgan fingerprint density at radius 3 is 2.50 bits per heavy atom. The Labute approximate surface area is 80.6 Å². The SMILES string of the molecule is [CH]1CCc2ccccc21.[O]=[Ti]=[O]. The maximum atomic E-state index is 8.50. The summed E-state index contributed by atoms with van der Waals surface area (Å²) < 4.78 is 17.0.